The summed E-state index contributed by atoms with van der Waals surface area (Å²) in [5.74, 6) is -0.248. The van der Waals surface area contributed by atoms with Crippen LogP contribution in [-0.2, 0) is 14.8 Å². The number of carbonyl (C=O) groups is 1. The summed E-state index contributed by atoms with van der Waals surface area (Å²) in [7, 11) is -0.721. The molecule has 0 atom stereocenters. The maximum atomic E-state index is 12.5. The highest BCUT2D eigenvalue weighted by Gasteiger charge is 2.22. The Labute approximate surface area is 187 Å². The van der Waals surface area contributed by atoms with Gasteiger partial charge < -0.3 is 10.2 Å². The molecule has 0 bridgehead atoms. The van der Waals surface area contributed by atoms with Crippen LogP contribution in [0.2, 0.25) is 10.0 Å². The minimum absolute atomic E-state index is 0.0700. The van der Waals surface area contributed by atoms with Crippen molar-refractivity contribution in [3.8, 4) is 0 Å². The normalized spacial score (nSPS) is 15.4. The van der Waals surface area contributed by atoms with Gasteiger partial charge in [-0.3, -0.25) is 9.69 Å². The van der Waals surface area contributed by atoms with Gasteiger partial charge in [-0.1, -0.05) is 35.3 Å². The van der Waals surface area contributed by atoms with Crippen LogP contribution < -0.4 is 10.2 Å². The zero-order valence-electron chi connectivity index (χ0n) is 16.8. The van der Waals surface area contributed by atoms with Crippen LogP contribution in [0, 0.1) is 0 Å². The third-order valence-electron chi connectivity index (χ3n) is 4.92. The number of carbonyl (C=O) groups excluding carboxylic acids is 1. The molecule has 10 heteroatoms. The van der Waals surface area contributed by atoms with Gasteiger partial charge in [0.15, 0.2) is 0 Å². The van der Waals surface area contributed by atoms with Gasteiger partial charge >= 0.3 is 0 Å². The molecule has 0 radical (unpaired) electrons. The van der Waals surface area contributed by atoms with Crippen LogP contribution in [0.1, 0.15) is 0 Å². The molecule has 1 aliphatic rings. The molecule has 0 aromatic heterocycles. The van der Waals surface area contributed by atoms with E-state index in [1.54, 1.807) is 0 Å². The van der Waals surface area contributed by atoms with Crippen molar-refractivity contribution in [2.75, 3.05) is 57.0 Å². The van der Waals surface area contributed by atoms with Gasteiger partial charge in [-0.2, -0.15) is 0 Å². The average molecular weight is 471 g/mol. The number of nitrogens with zero attached hydrogens (tertiary/aromatic N) is 3. The monoisotopic (exact) mass is 470 g/mol. The molecule has 0 saturated carbocycles. The average Bonchev–Trinajstić information content (AvgIpc) is 2.70. The van der Waals surface area contributed by atoms with Crippen LogP contribution in [0.5, 0.6) is 0 Å². The summed E-state index contributed by atoms with van der Waals surface area (Å²) in [5, 5.41) is 3.73. The molecule has 7 nitrogen and oxygen atoms in total. The first-order chi connectivity index (χ1) is 14.2. The zero-order chi connectivity index (χ0) is 21.9. The molecule has 1 amide bonds. The largest absolute Gasteiger partial charge is 0.368 e. The summed E-state index contributed by atoms with van der Waals surface area (Å²) < 4.78 is 25.7. The summed E-state index contributed by atoms with van der Waals surface area (Å²) in [6, 6.07) is 12.0. The summed E-state index contributed by atoms with van der Waals surface area (Å²) in [4.78, 5) is 16.8. The summed E-state index contributed by atoms with van der Waals surface area (Å²) >= 11 is 12.4. The Hall–Kier alpha value is -1.84. The third-order valence-corrected chi connectivity index (χ3v) is 7.38. The predicted octanol–water partition coefficient (Wildman–Crippen LogP) is 3.00. The number of benzene rings is 2. The molecule has 162 valence electrons. The van der Waals surface area contributed by atoms with E-state index in [9.17, 15) is 13.2 Å². The smallest absolute Gasteiger partial charge is 0.242 e. The van der Waals surface area contributed by atoms with Crippen molar-refractivity contribution >= 4 is 50.5 Å². The van der Waals surface area contributed by atoms with Crippen molar-refractivity contribution in [3.05, 3.63) is 52.5 Å². The van der Waals surface area contributed by atoms with E-state index in [1.807, 2.05) is 29.2 Å². The van der Waals surface area contributed by atoms with Crippen LogP contribution in [0.3, 0.4) is 0 Å². The molecule has 2 aromatic rings. The van der Waals surface area contributed by atoms with E-state index in [1.165, 1.54) is 32.3 Å². The maximum Gasteiger partial charge on any atom is 0.242 e. The quantitative estimate of drug-likeness (QED) is 0.702. The minimum Gasteiger partial charge on any atom is -0.368 e. The SMILES string of the molecule is CN(C)S(=O)(=O)c1ccc(Cl)c(NC(=O)CN2CCN(c3ccccc3Cl)CC2)c1. The van der Waals surface area contributed by atoms with E-state index in [0.29, 0.717) is 18.1 Å². The molecular formula is C20H24Cl2N4O3S. The third kappa shape index (κ3) is 5.25. The molecule has 1 aliphatic heterocycles. The minimum atomic E-state index is -3.62. The van der Waals surface area contributed by atoms with Gasteiger partial charge in [-0.15, -0.1) is 0 Å². The predicted molar refractivity (Wildman–Crippen MR) is 121 cm³/mol. The molecule has 1 fully saturated rings. The fraction of sp³-hybridized carbons (Fsp3) is 0.350. The zero-order valence-corrected chi connectivity index (χ0v) is 19.1. The topological polar surface area (TPSA) is 73.0 Å². The Bertz CT molecular complexity index is 1020. The number of para-hydroxylation sites is 1. The number of halogens is 2. The van der Waals surface area contributed by atoms with Gasteiger partial charge in [0.05, 0.1) is 32.9 Å². The van der Waals surface area contributed by atoms with E-state index in [0.717, 1.165) is 23.1 Å². The Balaban J connectivity index is 1.60. The van der Waals surface area contributed by atoms with E-state index in [2.05, 4.69) is 10.2 Å². The lowest BCUT2D eigenvalue weighted by Crippen LogP contribution is -2.48. The van der Waals surface area contributed by atoms with Gasteiger partial charge in [0.25, 0.3) is 0 Å². The second-order valence-corrected chi connectivity index (χ2v) is 10.2. The van der Waals surface area contributed by atoms with Crippen LogP contribution in [0.25, 0.3) is 0 Å². The lowest BCUT2D eigenvalue weighted by molar-refractivity contribution is -0.117. The Kier molecular flexibility index (Phi) is 7.26. The van der Waals surface area contributed by atoms with Crippen LogP contribution in [0.4, 0.5) is 11.4 Å². The lowest BCUT2D eigenvalue weighted by Gasteiger charge is -2.36. The molecule has 1 heterocycles. The van der Waals surface area contributed by atoms with Crippen molar-refractivity contribution in [2.24, 2.45) is 0 Å². The van der Waals surface area contributed by atoms with Gasteiger partial charge in [0.1, 0.15) is 0 Å². The highest BCUT2D eigenvalue weighted by molar-refractivity contribution is 7.89. The lowest BCUT2D eigenvalue weighted by atomic mass is 10.2. The van der Waals surface area contributed by atoms with Gasteiger partial charge in [-0.05, 0) is 30.3 Å². The first-order valence-corrected chi connectivity index (χ1v) is 11.6. The van der Waals surface area contributed by atoms with Crippen LogP contribution >= 0.6 is 23.2 Å². The van der Waals surface area contributed by atoms with Gasteiger partial charge in [0.2, 0.25) is 15.9 Å². The first kappa shape index (κ1) is 22.8. The standard InChI is InChI=1S/C20H24Cl2N4O3S/c1-24(2)30(28,29)15-7-8-16(21)18(13-15)23-20(27)14-25-9-11-26(12-10-25)19-6-4-3-5-17(19)22/h3-8,13H,9-12,14H2,1-2H3,(H,23,27). The van der Waals surface area contributed by atoms with Crippen molar-refractivity contribution < 1.29 is 13.2 Å². The molecule has 0 unspecified atom stereocenters. The molecule has 1 saturated heterocycles. The second kappa shape index (κ2) is 9.53. The van der Waals surface area contributed by atoms with Crippen molar-refractivity contribution in [1.82, 2.24) is 9.21 Å². The Morgan fingerprint density at radius 2 is 1.70 bits per heavy atom. The molecular weight excluding hydrogens is 447 g/mol. The highest BCUT2D eigenvalue weighted by atomic mass is 35.5. The summed E-state index contributed by atoms with van der Waals surface area (Å²) in [6.07, 6.45) is 0. The number of sulfonamides is 1. The molecule has 1 N–H and O–H groups in total. The van der Waals surface area contributed by atoms with Crippen molar-refractivity contribution in [2.45, 2.75) is 4.90 Å². The van der Waals surface area contributed by atoms with Crippen LogP contribution in [-0.4, -0.2) is 70.3 Å². The number of amides is 1. The molecule has 3 rings (SSSR count). The number of piperazine rings is 1. The van der Waals surface area contributed by atoms with Crippen LogP contribution in [0.15, 0.2) is 47.4 Å². The van der Waals surface area contributed by atoms with Gasteiger partial charge in [0, 0.05) is 40.3 Å². The number of hydrogen-bond acceptors (Lipinski definition) is 5. The Morgan fingerprint density at radius 1 is 1.03 bits per heavy atom. The van der Waals surface area contributed by atoms with Crippen molar-refractivity contribution in [1.29, 1.82) is 0 Å². The second-order valence-electron chi connectivity index (χ2n) is 7.19. The molecule has 30 heavy (non-hydrogen) atoms. The van der Waals surface area contributed by atoms with E-state index < -0.39 is 10.0 Å². The van der Waals surface area contributed by atoms with E-state index in [4.69, 9.17) is 23.2 Å². The number of rotatable bonds is 6. The van der Waals surface area contributed by atoms with Crippen molar-refractivity contribution in [3.63, 3.8) is 0 Å². The first-order valence-electron chi connectivity index (χ1n) is 9.42. The summed E-state index contributed by atoms with van der Waals surface area (Å²) in [6.45, 7) is 3.13. The molecule has 2 aromatic carbocycles. The highest BCUT2D eigenvalue weighted by Crippen LogP contribution is 2.27. The van der Waals surface area contributed by atoms with E-state index >= 15 is 0 Å². The fourth-order valence-corrected chi connectivity index (χ4v) is 4.57. The number of anilines is 2. The molecule has 0 spiro atoms. The van der Waals surface area contributed by atoms with Gasteiger partial charge in [-0.25, -0.2) is 12.7 Å². The molecule has 0 aliphatic carbocycles. The number of nitrogens with one attached hydrogen (secondary N) is 1. The maximum absolute atomic E-state index is 12.5. The number of hydrogen-bond donors (Lipinski definition) is 1. The fourth-order valence-electron chi connectivity index (χ4n) is 3.22. The van der Waals surface area contributed by atoms with E-state index in [-0.39, 0.29) is 28.1 Å². The summed E-state index contributed by atoms with van der Waals surface area (Å²) in [5.41, 5.74) is 1.27. The Morgan fingerprint density at radius 3 is 2.33 bits per heavy atom.